The second kappa shape index (κ2) is 8.44. The van der Waals surface area contributed by atoms with Crippen LogP contribution in [0, 0.1) is 6.92 Å². The van der Waals surface area contributed by atoms with Crippen LogP contribution in [0.25, 0.3) is 17.0 Å². The first-order valence-corrected chi connectivity index (χ1v) is 10.6. The summed E-state index contributed by atoms with van der Waals surface area (Å²) < 4.78 is 32.3. The molecule has 3 rings (SSSR count). The van der Waals surface area contributed by atoms with Crippen LogP contribution in [0.4, 0.5) is 0 Å². The van der Waals surface area contributed by atoms with Crippen molar-refractivity contribution in [1.82, 2.24) is 3.97 Å². The van der Waals surface area contributed by atoms with Gasteiger partial charge in [0.2, 0.25) is 0 Å². The first-order chi connectivity index (χ1) is 13.4. The number of hydrogen-bond acceptors (Lipinski definition) is 4. The maximum absolute atomic E-state index is 13.0. The summed E-state index contributed by atoms with van der Waals surface area (Å²) in [4.78, 5) is 11.7. The van der Waals surface area contributed by atoms with Gasteiger partial charge in [0.25, 0.3) is 10.0 Å². The predicted octanol–water partition coefficient (Wildman–Crippen LogP) is 4.54. The molecule has 6 heteroatoms. The summed E-state index contributed by atoms with van der Waals surface area (Å²) in [7, 11) is -3.67. The van der Waals surface area contributed by atoms with Crippen LogP contribution in [0.3, 0.4) is 0 Å². The molecule has 1 heterocycles. The van der Waals surface area contributed by atoms with E-state index in [1.165, 1.54) is 3.97 Å². The SMILES string of the molecule is CCOC(=O)CCC=Cc1cccc2c1ccn2S(=O)(=O)c1ccc(C)cc1. The van der Waals surface area contributed by atoms with Crippen molar-refractivity contribution in [3.63, 3.8) is 0 Å². The number of carbonyl (C=O) groups is 1. The van der Waals surface area contributed by atoms with Gasteiger partial charge < -0.3 is 4.74 Å². The Bertz CT molecular complexity index is 1110. The van der Waals surface area contributed by atoms with E-state index in [1.807, 2.05) is 31.2 Å². The van der Waals surface area contributed by atoms with E-state index in [-0.39, 0.29) is 10.9 Å². The van der Waals surface area contributed by atoms with Crippen LogP contribution in [0.2, 0.25) is 0 Å². The number of fused-ring (bicyclic) bond motifs is 1. The molecule has 0 aliphatic heterocycles. The molecule has 0 fully saturated rings. The predicted molar refractivity (Wildman–Crippen MR) is 111 cm³/mol. The van der Waals surface area contributed by atoms with Crippen molar-refractivity contribution >= 4 is 33.0 Å². The first kappa shape index (κ1) is 19.9. The zero-order chi connectivity index (χ0) is 20.1. The van der Waals surface area contributed by atoms with Crippen molar-refractivity contribution in [2.75, 3.05) is 6.61 Å². The van der Waals surface area contributed by atoms with Gasteiger partial charge >= 0.3 is 5.97 Å². The van der Waals surface area contributed by atoms with Crippen LogP contribution >= 0.6 is 0 Å². The highest BCUT2D eigenvalue weighted by Gasteiger charge is 2.19. The van der Waals surface area contributed by atoms with Crippen LogP contribution in [0.5, 0.6) is 0 Å². The van der Waals surface area contributed by atoms with Crippen LogP contribution in [0.15, 0.2) is 65.7 Å². The summed E-state index contributed by atoms with van der Waals surface area (Å²) >= 11 is 0. The first-order valence-electron chi connectivity index (χ1n) is 9.18. The standard InChI is InChI=1S/C22H23NO4S/c1-3-27-22(24)10-5-4-7-18-8-6-9-21-20(18)15-16-23(21)28(25,26)19-13-11-17(2)12-14-19/h4,6-9,11-16H,3,5,10H2,1-2H3. The van der Waals surface area contributed by atoms with Crippen molar-refractivity contribution < 1.29 is 17.9 Å². The minimum atomic E-state index is -3.67. The summed E-state index contributed by atoms with van der Waals surface area (Å²) in [5.74, 6) is -0.222. The Labute approximate surface area is 165 Å². The van der Waals surface area contributed by atoms with Gasteiger partial charge in [-0.25, -0.2) is 12.4 Å². The number of esters is 1. The Morgan fingerprint density at radius 2 is 1.86 bits per heavy atom. The summed E-state index contributed by atoms with van der Waals surface area (Å²) in [6, 6.07) is 14.2. The molecule has 3 aromatic rings. The average molecular weight is 397 g/mol. The molecule has 28 heavy (non-hydrogen) atoms. The Hall–Kier alpha value is -2.86. The Kier molecular flexibility index (Phi) is 5.99. The second-order valence-electron chi connectivity index (χ2n) is 6.46. The minimum Gasteiger partial charge on any atom is -0.466 e. The fourth-order valence-electron chi connectivity index (χ4n) is 2.99. The molecule has 5 nitrogen and oxygen atoms in total. The molecule has 0 N–H and O–H groups in total. The number of ether oxygens (including phenoxy) is 1. The lowest BCUT2D eigenvalue weighted by Crippen LogP contribution is -2.11. The van der Waals surface area contributed by atoms with Gasteiger partial charge in [-0.05, 0) is 50.1 Å². The van der Waals surface area contributed by atoms with E-state index in [0.717, 1.165) is 16.5 Å². The molecule has 0 spiro atoms. The molecule has 0 amide bonds. The fourth-order valence-corrected chi connectivity index (χ4v) is 4.34. The Balaban J connectivity index is 1.89. The lowest BCUT2D eigenvalue weighted by atomic mass is 10.1. The van der Waals surface area contributed by atoms with Crippen molar-refractivity contribution in [1.29, 1.82) is 0 Å². The monoisotopic (exact) mass is 397 g/mol. The van der Waals surface area contributed by atoms with E-state index in [0.29, 0.717) is 25.0 Å². The number of nitrogens with zero attached hydrogens (tertiary/aromatic N) is 1. The third kappa shape index (κ3) is 4.17. The van der Waals surface area contributed by atoms with Gasteiger partial charge in [-0.3, -0.25) is 4.79 Å². The third-order valence-corrected chi connectivity index (χ3v) is 6.13. The average Bonchev–Trinajstić information content (AvgIpc) is 3.11. The second-order valence-corrected chi connectivity index (χ2v) is 8.27. The van der Waals surface area contributed by atoms with Crippen molar-refractivity contribution in [3.05, 3.63) is 71.9 Å². The topological polar surface area (TPSA) is 65.4 Å². The highest BCUT2D eigenvalue weighted by molar-refractivity contribution is 7.90. The van der Waals surface area contributed by atoms with Crippen molar-refractivity contribution in [2.45, 2.75) is 31.6 Å². The Morgan fingerprint density at radius 3 is 2.57 bits per heavy atom. The van der Waals surface area contributed by atoms with Gasteiger partial charge in [-0.2, -0.15) is 0 Å². The molecule has 2 aromatic carbocycles. The molecule has 1 aromatic heterocycles. The molecule has 0 unspecified atom stereocenters. The lowest BCUT2D eigenvalue weighted by Gasteiger charge is -2.08. The molecule has 0 bridgehead atoms. The van der Waals surface area contributed by atoms with Crippen LogP contribution in [-0.4, -0.2) is 25.0 Å². The summed E-state index contributed by atoms with van der Waals surface area (Å²) in [5, 5.41) is 0.838. The van der Waals surface area contributed by atoms with Gasteiger partial charge in [-0.15, -0.1) is 0 Å². The smallest absolute Gasteiger partial charge is 0.306 e. The van der Waals surface area contributed by atoms with E-state index in [4.69, 9.17) is 4.74 Å². The number of rotatable bonds is 7. The summed E-state index contributed by atoms with van der Waals surface area (Å²) in [5.41, 5.74) is 2.53. The fraction of sp³-hybridized carbons (Fsp3) is 0.227. The third-order valence-electron chi connectivity index (χ3n) is 4.43. The number of benzene rings is 2. The maximum Gasteiger partial charge on any atom is 0.306 e. The molecule has 146 valence electrons. The highest BCUT2D eigenvalue weighted by atomic mass is 32.2. The number of aromatic nitrogens is 1. The van der Waals surface area contributed by atoms with E-state index < -0.39 is 10.0 Å². The molecule has 0 atom stereocenters. The molecule has 0 radical (unpaired) electrons. The normalized spacial score (nSPS) is 11.9. The van der Waals surface area contributed by atoms with Crippen LogP contribution in [-0.2, 0) is 19.6 Å². The van der Waals surface area contributed by atoms with Crippen molar-refractivity contribution in [2.24, 2.45) is 0 Å². The molecule has 0 saturated heterocycles. The maximum atomic E-state index is 13.0. The zero-order valence-electron chi connectivity index (χ0n) is 16.0. The quantitative estimate of drug-likeness (QED) is 0.549. The van der Waals surface area contributed by atoms with E-state index in [9.17, 15) is 13.2 Å². The van der Waals surface area contributed by atoms with E-state index in [1.54, 1.807) is 49.5 Å². The van der Waals surface area contributed by atoms with Crippen molar-refractivity contribution in [3.8, 4) is 0 Å². The van der Waals surface area contributed by atoms with E-state index in [2.05, 4.69) is 0 Å². The highest BCUT2D eigenvalue weighted by Crippen LogP contribution is 2.26. The molecule has 0 saturated carbocycles. The van der Waals surface area contributed by atoms with Gasteiger partial charge in [0.15, 0.2) is 0 Å². The van der Waals surface area contributed by atoms with Crippen LogP contribution in [0.1, 0.15) is 30.9 Å². The zero-order valence-corrected chi connectivity index (χ0v) is 16.8. The number of allylic oxidation sites excluding steroid dienone is 1. The molecule has 0 aliphatic carbocycles. The van der Waals surface area contributed by atoms with Gasteiger partial charge in [0.05, 0.1) is 17.0 Å². The van der Waals surface area contributed by atoms with Crippen LogP contribution < -0.4 is 0 Å². The van der Waals surface area contributed by atoms with Gasteiger partial charge in [0, 0.05) is 18.0 Å². The Morgan fingerprint density at radius 1 is 1.11 bits per heavy atom. The number of hydrogen-bond donors (Lipinski definition) is 0. The number of carbonyl (C=O) groups excluding carboxylic acids is 1. The summed E-state index contributed by atoms with van der Waals surface area (Å²) in [6.45, 7) is 4.08. The molecule has 0 aliphatic rings. The van der Waals surface area contributed by atoms with E-state index >= 15 is 0 Å². The largest absolute Gasteiger partial charge is 0.466 e. The summed E-state index contributed by atoms with van der Waals surface area (Å²) in [6.07, 6.45) is 6.28. The van der Waals surface area contributed by atoms with Gasteiger partial charge in [-0.1, -0.05) is 42.0 Å². The minimum absolute atomic E-state index is 0.222. The lowest BCUT2D eigenvalue weighted by molar-refractivity contribution is -0.142. The number of aryl methyl sites for hydroxylation is 1. The molecular weight excluding hydrogens is 374 g/mol. The van der Waals surface area contributed by atoms with Gasteiger partial charge in [0.1, 0.15) is 0 Å². The molecular formula is C22H23NO4S.